The van der Waals surface area contributed by atoms with Gasteiger partial charge in [0.05, 0.1) is 17.3 Å². The van der Waals surface area contributed by atoms with Gasteiger partial charge in [0.1, 0.15) is 17.3 Å². The lowest BCUT2D eigenvalue weighted by Gasteiger charge is -2.25. The third-order valence-corrected chi connectivity index (χ3v) is 8.32. The summed E-state index contributed by atoms with van der Waals surface area (Å²) in [6.07, 6.45) is 9.87. The van der Waals surface area contributed by atoms with Crippen molar-refractivity contribution in [2.45, 2.75) is 56.7 Å². The molecule has 3 aromatic heterocycles. The fourth-order valence-electron chi connectivity index (χ4n) is 5.56. The molecule has 0 radical (unpaired) electrons. The number of benzene rings is 2. The van der Waals surface area contributed by atoms with Gasteiger partial charge in [-0.2, -0.15) is 5.10 Å². The van der Waals surface area contributed by atoms with Gasteiger partial charge in [-0.05, 0) is 38.2 Å². The molecule has 214 valence electrons. The van der Waals surface area contributed by atoms with Crippen molar-refractivity contribution in [2.75, 3.05) is 5.32 Å². The molecule has 43 heavy (non-hydrogen) atoms. The molecule has 2 fully saturated rings. The third-order valence-electron chi connectivity index (χ3n) is 8.32. The highest BCUT2D eigenvalue weighted by atomic mass is 19.1. The van der Waals surface area contributed by atoms with Gasteiger partial charge in [-0.15, -0.1) is 5.10 Å². The number of hydrogen-bond donors (Lipinski definition) is 1. The Morgan fingerprint density at radius 2 is 1.72 bits per heavy atom. The zero-order valence-electron chi connectivity index (χ0n) is 23.2. The molecular weight excluding hydrogens is 547 g/mol. The van der Waals surface area contributed by atoms with E-state index in [2.05, 4.69) is 25.5 Å². The number of hydrogen-bond acceptors (Lipinski definition) is 9. The third kappa shape index (κ3) is 4.80. The van der Waals surface area contributed by atoms with E-state index in [1.54, 1.807) is 24.5 Å². The molecule has 1 atom stereocenters. The molecule has 0 spiro atoms. The van der Waals surface area contributed by atoms with Gasteiger partial charge in [0.2, 0.25) is 0 Å². The number of anilines is 1. The van der Waals surface area contributed by atoms with Crippen molar-refractivity contribution in [1.29, 1.82) is 0 Å². The average Bonchev–Trinajstić information content (AvgIpc) is 3.64. The van der Waals surface area contributed by atoms with Crippen LogP contribution >= 0.6 is 0 Å². The van der Waals surface area contributed by atoms with Gasteiger partial charge in [-0.25, -0.2) is 14.4 Å². The van der Waals surface area contributed by atoms with Crippen LogP contribution in [0.3, 0.4) is 0 Å². The highest BCUT2D eigenvalue weighted by molar-refractivity contribution is 6.16. The minimum atomic E-state index is -1.06. The van der Waals surface area contributed by atoms with Crippen molar-refractivity contribution in [3.05, 3.63) is 95.5 Å². The van der Waals surface area contributed by atoms with Gasteiger partial charge >= 0.3 is 6.01 Å². The van der Waals surface area contributed by atoms with Crippen molar-refractivity contribution in [3.63, 3.8) is 0 Å². The predicted molar refractivity (Wildman–Crippen MR) is 156 cm³/mol. The number of nitrogens with zero attached hydrogens (tertiary/aromatic N) is 7. The Morgan fingerprint density at radius 3 is 2.47 bits per heavy atom. The SMILES string of the molecule is O=C1Cc2c(F)cccc2C(c2ccccc2)=N[C@@H]1Nc1nnc(-c2cn(C3CCC3)nc2-c2cnc(C3CC3)nc2)o1. The van der Waals surface area contributed by atoms with E-state index in [0.29, 0.717) is 40.1 Å². The van der Waals surface area contributed by atoms with Gasteiger partial charge in [-0.3, -0.25) is 14.5 Å². The maximum absolute atomic E-state index is 14.9. The Balaban J connectivity index is 1.13. The lowest BCUT2D eigenvalue weighted by molar-refractivity contribution is -0.119. The largest absolute Gasteiger partial charge is 0.403 e. The first-order valence-corrected chi connectivity index (χ1v) is 14.6. The molecule has 0 amide bonds. The second-order valence-electron chi connectivity index (χ2n) is 11.3. The van der Waals surface area contributed by atoms with Crippen LogP contribution < -0.4 is 5.32 Å². The fraction of sp³-hybridized carbons (Fsp3) is 0.281. The van der Waals surface area contributed by atoms with E-state index in [1.807, 2.05) is 41.2 Å². The molecule has 2 aromatic carbocycles. The molecule has 1 N–H and O–H groups in total. The zero-order valence-corrected chi connectivity index (χ0v) is 23.2. The number of nitrogens with one attached hydrogen (secondary N) is 1. The molecule has 0 unspecified atom stereocenters. The van der Waals surface area contributed by atoms with Crippen LogP contribution in [0.25, 0.3) is 22.7 Å². The van der Waals surface area contributed by atoms with E-state index in [1.165, 1.54) is 6.07 Å². The topological polar surface area (TPSA) is 124 Å². The summed E-state index contributed by atoms with van der Waals surface area (Å²) in [7, 11) is 0. The second kappa shape index (κ2) is 10.3. The number of carbonyl (C=O) groups excluding carboxylic acids is 1. The Kier molecular flexibility index (Phi) is 6.16. The standard InChI is InChI=1S/C32H27FN8O2/c33-25-11-5-10-22-23(25)14-26(42)30(36-27(22)18-6-2-1-3-7-18)37-32-39-38-31(43-32)24-17-41(21-8-4-9-21)40-28(24)20-15-34-29(35-16-20)19-12-13-19/h1-3,5-7,10-11,15-17,19,21,30H,4,8-9,12-14H2,(H,37,39)/t30-/m1/s1. The number of aromatic nitrogens is 6. The quantitative estimate of drug-likeness (QED) is 0.269. The summed E-state index contributed by atoms with van der Waals surface area (Å²) in [5.74, 6) is 0.797. The molecule has 1 aliphatic heterocycles. The summed E-state index contributed by atoms with van der Waals surface area (Å²) < 4.78 is 22.9. The van der Waals surface area contributed by atoms with Crippen LogP contribution in [0.1, 0.15) is 66.6 Å². The van der Waals surface area contributed by atoms with E-state index in [4.69, 9.17) is 14.5 Å². The number of carbonyl (C=O) groups is 1. The number of aliphatic imine (C=N–C) groups is 1. The number of ketones is 1. The van der Waals surface area contributed by atoms with Crippen LogP contribution in [0.15, 0.2) is 76.5 Å². The van der Waals surface area contributed by atoms with Gasteiger partial charge in [0.25, 0.3) is 5.89 Å². The van der Waals surface area contributed by atoms with E-state index >= 15 is 0 Å². The van der Waals surface area contributed by atoms with E-state index in [0.717, 1.165) is 49.1 Å². The van der Waals surface area contributed by atoms with Crippen LogP contribution in [-0.2, 0) is 11.2 Å². The highest BCUT2D eigenvalue weighted by Crippen LogP contribution is 2.39. The van der Waals surface area contributed by atoms with Crippen LogP contribution in [-0.4, -0.2) is 47.6 Å². The number of fused-ring (bicyclic) bond motifs is 1. The Bertz CT molecular complexity index is 1860. The summed E-state index contributed by atoms with van der Waals surface area (Å²) in [4.78, 5) is 27.3. The normalized spacial score (nSPS) is 18.5. The first-order chi connectivity index (χ1) is 21.1. The molecule has 0 bridgehead atoms. The second-order valence-corrected chi connectivity index (χ2v) is 11.3. The Labute approximate surface area is 246 Å². The summed E-state index contributed by atoms with van der Waals surface area (Å²) in [5.41, 5.74) is 4.25. The predicted octanol–water partition coefficient (Wildman–Crippen LogP) is 5.53. The van der Waals surface area contributed by atoms with Gasteiger partial charge in [-0.1, -0.05) is 47.6 Å². The maximum atomic E-state index is 14.9. The van der Waals surface area contributed by atoms with Gasteiger partial charge in [0.15, 0.2) is 11.9 Å². The van der Waals surface area contributed by atoms with Crippen molar-refractivity contribution >= 4 is 17.5 Å². The summed E-state index contributed by atoms with van der Waals surface area (Å²) in [6.45, 7) is 0. The summed E-state index contributed by atoms with van der Waals surface area (Å²) >= 11 is 0. The van der Waals surface area contributed by atoms with E-state index < -0.39 is 12.0 Å². The molecule has 10 nitrogen and oxygen atoms in total. The molecule has 8 rings (SSSR count). The monoisotopic (exact) mass is 574 g/mol. The van der Waals surface area contributed by atoms with Crippen LogP contribution in [0, 0.1) is 5.82 Å². The Morgan fingerprint density at radius 1 is 0.907 bits per heavy atom. The number of Topliss-reactive ketones (excluding diaryl/α,β-unsaturated/α-hetero) is 1. The molecule has 3 aliphatic rings. The molecule has 4 heterocycles. The van der Waals surface area contributed by atoms with Crippen LogP contribution in [0.5, 0.6) is 0 Å². The lowest BCUT2D eigenvalue weighted by Crippen LogP contribution is -2.29. The number of rotatable bonds is 7. The molecule has 5 aromatic rings. The Hall–Kier alpha value is -5.06. The number of halogens is 1. The van der Waals surface area contributed by atoms with Crippen molar-refractivity contribution in [3.8, 4) is 22.7 Å². The van der Waals surface area contributed by atoms with Gasteiger partial charge in [0, 0.05) is 53.2 Å². The van der Waals surface area contributed by atoms with Gasteiger partial charge < -0.3 is 9.73 Å². The van der Waals surface area contributed by atoms with E-state index in [-0.39, 0.29) is 24.1 Å². The minimum Gasteiger partial charge on any atom is -0.403 e. The highest BCUT2D eigenvalue weighted by Gasteiger charge is 2.31. The van der Waals surface area contributed by atoms with Crippen LogP contribution in [0.2, 0.25) is 0 Å². The first kappa shape index (κ1) is 25.6. The maximum Gasteiger partial charge on any atom is 0.317 e. The van der Waals surface area contributed by atoms with Crippen molar-refractivity contribution in [2.24, 2.45) is 4.99 Å². The molecule has 2 aliphatic carbocycles. The fourth-order valence-corrected chi connectivity index (χ4v) is 5.56. The van der Waals surface area contributed by atoms with Crippen LogP contribution in [0.4, 0.5) is 10.4 Å². The minimum absolute atomic E-state index is 0.0265. The molecule has 11 heteroatoms. The molecular formula is C32H27FN8O2. The average molecular weight is 575 g/mol. The molecule has 2 saturated carbocycles. The summed E-state index contributed by atoms with van der Waals surface area (Å²) in [6, 6.07) is 14.5. The smallest absolute Gasteiger partial charge is 0.317 e. The lowest BCUT2D eigenvalue weighted by atomic mass is 9.93. The van der Waals surface area contributed by atoms with Crippen molar-refractivity contribution < 1.29 is 13.6 Å². The summed E-state index contributed by atoms with van der Waals surface area (Å²) in [5, 5.41) is 16.4. The molecule has 0 saturated heterocycles. The first-order valence-electron chi connectivity index (χ1n) is 14.6. The van der Waals surface area contributed by atoms with Crippen molar-refractivity contribution in [1.82, 2.24) is 29.9 Å². The zero-order chi connectivity index (χ0) is 28.9. The van der Waals surface area contributed by atoms with E-state index in [9.17, 15) is 9.18 Å².